The second-order valence-electron chi connectivity index (χ2n) is 4.98. The molecular formula is C16H13BrN4O3S2. The minimum atomic E-state index is -0.263. The lowest BCUT2D eigenvalue weighted by Gasteiger charge is -2.01. The number of carbonyl (C=O) groups is 2. The summed E-state index contributed by atoms with van der Waals surface area (Å²) in [5.41, 5.74) is 0.523. The van der Waals surface area contributed by atoms with Gasteiger partial charge in [-0.25, -0.2) is 0 Å². The first-order valence-corrected chi connectivity index (χ1v) is 10.0. The molecule has 0 aliphatic carbocycles. The van der Waals surface area contributed by atoms with Gasteiger partial charge in [0.1, 0.15) is 5.76 Å². The lowest BCUT2D eigenvalue weighted by atomic mass is 10.2. The van der Waals surface area contributed by atoms with Crippen LogP contribution in [0.3, 0.4) is 0 Å². The molecule has 2 heterocycles. The van der Waals surface area contributed by atoms with Gasteiger partial charge in [-0.2, -0.15) is 0 Å². The first kappa shape index (κ1) is 18.6. The zero-order valence-electron chi connectivity index (χ0n) is 13.3. The minimum absolute atomic E-state index is 0.137. The standard InChI is InChI=1S/C16H13BrN4O3S2/c17-11-5-3-10(4-6-11)14(23)19-15-20-21-16(26-15)25-9-13(22)18-8-12-2-1-7-24-12/h1-7H,8-9H2,(H,18,22)(H,19,20,23). The van der Waals surface area contributed by atoms with Crippen molar-refractivity contribution in [3.63, 3.8) is 0 Å². The summed E-state index contributed by atoms with van der Waals surface area (Å²) < 4.78 is 6.64. The van der Waals surface area contributed by atoms with Crippen LogP contribution in [0.5, 0.6) is 0 Å². The first-order chi connectivity index (χ1) is 12.6. The molecule has 2 aromatic heterocycles. The van der Waals surface area contributed by atoms with Crippen LogP contribution < -0.4 is 10.6 Å². The van der Waals surface area contributed by atoms with Gasteiger partial charge in [-0.15, -0.1) is 10.2 Å². The number of carbonyl (C=O) groups excluding carboxylic acids is 2. The first-order valence-electron chi connectivity index (χ1n) is 7.42. The van der Waals surface area contributed by atoms with Gasteiger partial charge in [0, 0.05) is 10.0 Å². The Morgan fingerprint density at radius 2 is 2.00 bits per heavy atom. The van der Waals surface area contributed by atoms with E-state index in [1.54, 1.807) is 42.7 Å². The summed E-state index contributed by atoms with van der Waals surface area (Å²) >= 11 is 5.80. The van der Waals surface area contributed by atoms with E-state index in [4.69, 9.17) is 4.42 Å². The van der Waals surface area contributed by atoms with Crippen molar-refractivity contribution in [3.05, 3.63) is 58.5 Å². The molecule has 134 valence electrons. The molecule has 7 nitrogen and oxygen atoms in total. The van der Waals surface area contributed by atoms with Crippen LogP contribution >= 0.6 is 39.0 Å². The Balaban J connectivity index is 1.46. The average Bonchev–Trinajstić information content (AvgIpc) is 3.30. The highest BCUT2D eigenvalue weighted by Gasteiger charge is 2.12. The predicted molar refractivity (Wildman–Crippen MR) is 103 cm³/mol. The molecule has 1 aromatic carbocycles. The third-order valence-corrected chi connectivity index (χ3v) is 5.60. The number of nitrogens with one attached hydrogen (secondary N) is 2. The quantitative estimate of drug-likeness (QED) is 0.420. The van der Waals surface area contributed by atoms with Gasteiger partial charge in [-0.3, -0.25) is 14.9 Å². The van der Waals surface area contributed by atoms with E-state index in [0.29, 0.717) is 27.3 Å². The van der Waals surface area contributed by atoms with Crippen LogP contribution in [-0.4, -0.2) is 27.8 Å². The maximum atomic E-state index is 12.1. The summed E-state index contributed by atoms with van der Waals surface area (Å²) in [5, 5.41) is 13.7. The minimum Gasteiger partial charge on any atom is -0.467 e. The van der Waals surface area contributed by atoms with Crippen molar-refractivity contribution in [3.8, 4) is 0 Å². The second-order valence-corrected chi connectivity index (χ2v) is 8.09. The van der Waals surface area contributed by atoms with E-state index in [2.05, 4.69) is 36.8 Å². The molecule has 0 spiro atoms. The Labute approximate surface area is 165 Å². The van der Waals surface area contributed by atoms with Gasteiger partial charge in [0.25, 0.3) is 5.91 Å². The van der Waals surface area contributed by atoms with Crippen molar-refractivity contribution >= 4 is 56.0 Å². The third-order valence-electron chi connectivity index (χ3n) is 3.10. The fourth-order valence-electron chi connectivity index (χ4n) is 1.87. The zero-order valence-corrected chi connectivity index (χ0v) is 16.5. The highest BCUT2D eigenvalue weighted by Crippen LogP contribution is 2.25. The molecule has 0 saturated carbocycles. The number of rotatable bonds is 7. The molecule has 2 N–H and O–H groups in total. The van der Waals surface area contributed by atoms with E-state index < -0.39 is 0 Å². The van der Waals surface area contributed by atoms with E-state index >= 15 is 0 Å². The van der Waals surface area contributed by atoms with Crippen molar-refractivity contribution in [1.29, 1.82) is 0 Å². The smallest absolute Gasteiger partial charge is 0.257 e. The average molecular weight is 453 g/mol. The van der Waals surface area contributed by atoms with Crippen molar-refractivity contribution < 1.29 is 14.0 Å². The molecule has 3 aromatic rings. The van der Waals surface area contributed by atoms with Crippen LogP contribution in [0.2, 0.25) is 0 Å². The van der Waals surface area contributed by atoms with Crippen molar-refractivity contribution in [2.75, 3.05) is 11.1 Å². The van der Waals surface area contributed by atoms with Crippen molar-refractivity contribution in [2.24, 2.45) is 0 Å². The Morgan fingerprint density at radius 3 is 2.73 bits per heavy atom. The maximum Gasteiger partial charge on any atom is 0.257 e. The molecule has 26 heavy (non-hydrogen) atoms. The van der Waals surface area contributed by atoms with Crippen LogP contribution in [-0.2, 0) is 11.3 Å². The molecule has 0 atom stereocenters. The van der Waals surface area contributed by atoms with Crippen molar-refractivity contribution in [2.45, 2.75) is 10.9 Å². The SMILES string of the molecule is O=C(CSc1nnc(NC(=O)c2ccc(Br)cc2)s1)NCc1ccco1. The van der Waals surface area contributed by atoms with Crippen LogP contribution in [0.1, 0.15) is 16.1 Å². The van der Waals surface area contributed by atoms with E-state index in [0.717, 1.165) is 4.47 Å². The summed E-state index contributed by atoms with van der Waals surface area (Å²) in [4.78, 5) is 23.9. The lowest BCUT2D eigenvalue weighted by Crippen LogP contribution is -2.24. The topological polar surface area (TPSA) is 97.1 Å². The van der Waals surface area contributed by atoms with Crippen LogP contribution in [0.25, 0.3) is 0 Å². The molecule has 0 aliphatic rings. The van der Waals surface area contributed by atoms with Crippen LogP contribution in [0, 0.1) is 0 Å². The molecule has 0 radical (unpaired) electrons. The fourth-order valence-corrected chi connectivity index (χ4v) is 3.71. The molecule has 0 saturated heterocycles. The molecule has 2 amide bonds. The highest BCUT2D eigenvalue weighted by molar-refractivity contribution is 9.10. The lowest BCUT2D eigenvalue weighted by molar-refractivity contribution is -0.118. The number of hydrogen-bond donors (Lipinski definition) is 2. The summed E-state index contributed by atoms with van der Waals surface area (Å²) in [5.74, 6) is 0.497. The normalized spacial score (nSPS) is 10.5. The number of furan rings is 1. The number of benzene rings is 1. The number of amides is 2. The monoisotopic (exact) mass is 452 g/mol. The Morgan fingerprint density at radius 1 is 1.19 bits per heavy atom. The molecule has 0 fully saturated rings. The van der Waals surface area contributed by atoms with Gasteiger partial charge >= 0.3 is 0 Å². The molecular weight excluding hydrogens is 440 g/mol. The number of halogens is 1. The van der Waals surface area contributed by atoms with E-state index in [1.165, 1.54) is 23.1 Å². The second kappa shape index (κ2) is 8.97. The van der Waals surface area contributed by atoms with Gasteiger partial charge in [0.2, 0.25) is 11.0 Å². The third kappa shape index (κ3) is 5.41. The van der Waals surface area contributed by atoms with Gasteiger partial charge in [0.15, 0.2) is 4.34 Å². The van der Waals surface area contributed by atoms with Crippen molar-refractivity contribution in [1.82, 2.24) is 15.5 Å². The van der Waals surface area contributed by atoms with Crippen LogP contribution in [0.4, 0.5) is 5.13 Å². The summed E-state index contributed by atoms with van der Waals surface area (Å²) in [6.45, 7) is 0.344. The zero-order chi connectivity index (χ0) is 18.4. The maximum absolute atomic E-state index is 12.1. The summed E-state index contributed by atoms with van der Waals surface area (Å²) in [6.07, 6.45) is 1.56. The Bertz CT molecular complexity index is 881. The molecule has 0 bridgehead atoms. The highest BCUT2D eigenvalue weighted by atomic mass is 79.9. The number of hydrogen-bond acceptors (Lipinski definition) is 7. The molecule has 0 aliphatic heterocycles. The number of anilines is 1. The van der Waals surface area contributed by atoms with E-state index in [9.17, 15) is 9.59 Å². The largest absolute Gasteiger partial charge is 0.467 e. The fraction of sp³-hybridized carbons (Fsp3) is 0.125. The molecule has 10 heteroatoms. The van der Waals surface area contributed by atoms with Gasteiger partial charge in [0.05, 0.1) is 18.6 Å². The van der Waals surface area contributed by atoms with Gasteiger partial charge < -0.3 is 9.73 Å². The molecule has 3 rings (SSSR count). The van der Waals surface area contributed by atoms with Gasteiger partial charge in [-0.05, 0) is 36.4 Å². The number of aromatic nitrogens is 2. The van der Waals surface area contributed by atoms with Crippen LogP contribution in [0.15, 0.2) is 55.9 Å². The summed E-state index contributed by atoms with van der Waals surface area (Å²) in [7, 11) is 0. The number of thioether (sulfide) groups is 1. The Hall–Kier alpha value is -2.17. The summed E-state index contributed by atoms with van der Waals surface area (Å²) in [6, 6.07) is 10.5. The number of nitrogens with zero attached hydrogens (tertiary/aromatic N) is 2. The predicted octanol–water partition coefficient (Wildman–Crippen LogP) is 3.55. The van der Waals surface area contributed by atoms with E-state index in [1.807, 2.05) is 0 Å². The van der Waals surface area contributed by atoms with Gasteiger partial charge in [-0.1, -0.05) is 39.0 Å². The van der Waals surface area contributed by atoms with E-state index in [-0.39, 0.29) is 17.6 Å². The Kier molecular flexibility index (Phi) is 6.42. The molecule has 0 unspecified atom stereocenters.